The number of nitrogens with one attached hydrogen (secondary N) is 1. The fourth-order valence-corrected chi connectivity index (χ4v) is 3.18. The van der Waals surface area contributed by atoms with E-state index in [1.165, 1.54) is 0 Å². The molecule has 0 radical (unpaired) electrons. The van der Waals surface area contributed by atoms with Crippen LogP contribution in [0.25, 0.3) is 0 Å². The molecule has 0 spiro atoms. The first kappa shape index (κ1) is 17.1. The van der Waals surface area contributed by atoms with Crippen molar-refractivity contribution in [2.24, 2.45) is 5.92 Å². The van der Waals surface area contributed by atoms with Crippen LogP contribution >= 0.6 is 11.6 Å². The van der Waals surface area contributed by atoms with E-state index in [2.05, 4.69) is 12.2 Å². The number of rotatable bonds is 3. The van der Waals surface area contributed by atoms with Crippen molar-refractivity contribution in [3.63, 3.8) is 0 Å². The van der Waals surface area contributed by atoms with Gasteiger partial charge in [0.15, 0.2) is 0 Å². The number of aryl methyl sites for hydroxylation is 1. The number of urea groups is 1. The molecule has 122 valence electrons. The first-order chi connectivity index (χ1) is 10.5. The van der Waals surface area contributed by atoms with Crippen molar-refractivity contribution in [1.29, 1.82) is 0 Å². The van der Waals surface area contributed by atoms with Gasteiger partial charge in [0.2, 0.25) is 0 Å². The molecule has 1 aliphatic rings. The lowest BCUT2D eigenvalue weighted by Crippen LogP contribution is -2.47. The summed E-state index contributed by atoms with van der Waals surface area (Å²) in [7, 11) is 0. The average molecular weight is 325 g/mol. The molecule has 2 N–H and O–H groups in total. The molecule has 1 saturated heterocycles. The minimum atomic E-state index is -0.449. The largest absolute Gasteiger partial charge is 0.391 e. The molecule has 0 aromatic heterocycles. The van der Waals surface area contributed by atoms with Gasteiger partial charge in [0.1, 0.15) is 0 Å². The fraction of sp³-hybridized carbons (Fsp3) is 0.588. The molecule has 1 heterocycles. The maximum absolute atomic E-state index is 12.5. The molecule has 5 heteroatoms. The van der Waals surface area contributed by atoms with E-state index in [4.69, 9.17) is 11.6 Å². The number of hydrogen-bond donors (Lipinski definition) is 2. The second kappa shape index (κ2) is 7.34. The van der Waals surface area contributed by atoms with Crippen molar-refractivity contribution >= 4 is 23.3 Å². The number of halogens is 1. The highest BCUT2D eigenvalue weighted by Gasteiger charge is 2.28. The Labute approximate surface area is 137 Å². The first-order valence-electron chi connectivity index (χ1n) is 8.02. The number of aliphatic hydroxyl groups excluding tert-OH is 1. The molecule has 22 heavy (non-hydrogen) atoms. The van der Waals surface area contributed by atoms with Crippen molar-refractivity contribution in [2.75, 3.05) is 18.4 Å². The number of aliphatic hydroxyl groups is 1. The quantitative estimate of drug-likeness (QED) is 0.890. The lowest BCUT2D eigenvalue weighted by Gasteiger charge is -2.34. The molecular weight excluding hydrogens is 300 g/mol. The van der Waals surface area contributed by atoms with E-state index in [1.807, 2.05) is 26.0 Å². The number of benzene rings is 1. The van der Waals surface area contributed by atoms with E-state index < -0.39 is 6.10 Å². The van der Waals surface area contributed by atoms with Gasteiger partial charge in [-0.1, -0.05) is 38.4 Å². The smallest absolute Gasteiger partial charge is 0.321 e. The number of hydrogen-bond acceptors (Lipinski definition) is 2. The number of β-amino-alcohol motifs (C(OH)–C–C–N with tert-alkyl or cyclic N) is 1. The number of nitrogens with zero attached hydrogens (tertiary/aromatic N) is 1. The summed E-state index contributed by atoms with van der Waals surface area (Å²) in [5, 5.41) is 13.7. The Morgan fingerprint density at radius 3 is 2.73 bits per heavy atom. The van der Waals surface area contributed by atoms with Gasteiger partial charge in [0.05, 0.1) is 11.8 Å². The molecule has 1 aromatic rings. The van der Waals surface area contributed by atoms with Gasteiger partial charge in [-0.2, -0.15) is 0 Å². The van der Waals surface area contributed by atoms with Gasteiger partial charge in [-0.15, -0.1) is 0 Å². The lowest BCUT2D eigenvalue weighted by atomic mass is 9.96. The molecule has 0 saturated carbocycles. The highest BCUT2D eigenvalue weighted by atomic mass is 35.5. The van der Waals surface area contributed by atoms with E-state index in [1.54, 1.807) is 4.90 Å². The van der Waals surface area contributed by atoms with Crippen LogP contribution in [0.1, 0.15) is 38.3 Å². The second-order valence-corrected chi connectivity index (χ2v) is 6.38. The number of likely N-dealkylation sites (tertiary alicyclic amines) is 1. The summed E-state index contributed by atoms with van der Waals surface area (Å²) in [6, 6.07) is 3.70. The van der Waals surface area contributed by atoms with E-state index in [-0.39, 0.29) is 11.9 Å². The Morgan fingerprint density at radius 1 is 1.41 bits per heavy atom. The van der Waals surface area contributed by atoms with Gasteiger partial charge in [-0.3, -0.25) is 0 Å². The first-order valence-corrected chi connectivity index (χ1v) is 8.39. The summed E-state index contributed by atoms with van der Waals surface area (Å²) in [5.41, 5.74) is 2.89. The van der Waals surface area contributed by atoms with Crippen molar-refractivity contribution in [2.45, 2.75) is 46.1 Å². The van der Waals surface area contributed by atoms with Crippen LogP contribution in [-0.4, -0.2) is 35.2 Å². The Balaban J connectivity index is 2.19. The van der Waals surface area contributed by atoms with E-state index in [9.17, 15) is 9.90 Å². The minimum absolute atomic E-state index is 0.155. The molecule has 2 unspecified atom stereocenters. The predicted octanol–water partition coefficient (Wildman–Crippen LogP) is 3.70. The predicted molar refractivity (Wildman–Crippen MR) is 90.6 cm³/mol. The van der Waals surface area contributed by atoms with Crippen LogP contribution in [0.4, 0.5) is 10.5 Å². The minimum Gasteiger partial charge on any atom is -0.391 e. The Bertz CT molecular complexity index is 548. The van der Waals surface area contributed by atoms with Crippen LogP contribution < -0.4 is 5.32 Å². The van der Waals surface area contributed by atoms with Crippen molar-refractivity contribution in [3.05, 3.63) is 28.3 Å². The van der Waals surface area contributed by atoms with Gasteiger partial charge >= 0.3 is 6.03 Å². The molecule has 2 amide bonds. The number of piperidine rings is 1. The third kappa shape index (κ3) is 3.55. The molecule has 2 atom stereocenters. The summed E-state index contributed by atoms with van der Waals surface area (Å²) in [6.45, 7) is 7.17. The molecule has 1 aromatic carbocycles. The zero-order valence-electron chi connectivity index (χ0n) is 13.5. The van der Waals surface area contributed by atoms with Crippen LogP contribution in [0.5, 0.6) is 0 Å². The molecular formula is C17H25ClN2O2. The fourth-order valence-electron chi connectivity index (χ4n) is 2.89. The van der Waals surface area contributed by atoms with Crippen molar-refractivity contribution < 1.29 is 9.90 Å². The number of anilines is 1. The maximum Gasteiger partial charge on any atom is 0.321 e. The van der Waals surface area contributed by atoms with E-state index in [0.717, 1.165) is 36.1 Å². The molecule has 2 rings (SSSR count). The molecule has 4 nitrogen and oxygen atoms in total. The number of carbonyl (C=O) groups is 1. The van der Waals surface area contributed by atoms with Gasteiger partial charge in [-0.05, 0) is 42.4 Å². The highest BCUT2D eigenvalue weighted by Crippen LogP contribution is 2.30. The van der Waals surface area contributed by atoms with Crippen molar-refractivity contribution in [1.82, 2.24) is 4.90 Å². The summed E-state index contributed by atoms with van der Waals surface area (Å²) < 4.78 is 0. The second-order valence-electron chi connectivity index (χ2n) is 5.98. The van der Waals surface area contributed by atoms with Gasteiger partial charge in [0, 0.05) is 18.1 Å². The lowest BCUT2D eigenvalue weighted by molar-refractivity contribution is 0.0463. The number of amides is 2. The topological polar surface area (TPSA) is 52.6 Å². The summed E-state index contributed by atoms with van der Waals surface area (Å²) in [5.74, 6) is 0.243. The maximum atomic E-state index is 12.5. The molecule has 1 fully saturated rings. The highest BCUT2D eigenvalue weighted by molar-refractivity contribution is 6.31. The van der Waals surface area contributed by atoms with Crippen LogP contribution in [-0.2, 0) is 12.8 Å². The van der Waals surface area contributed by atoms with Crippen LogP contribution in [0.2, 0.25) is 5.02 Å². The Morgan fingerprint density at radius 2 is 2.14 bits per heavy atom. The van der Waals surface area contributed by atoms with Gasteiger partial charge in [-0.25, -0.2) is 4.79 Å². The van der Waals surface area contributed by atoms with Gasteiger partial charge in [0.25, 0.3) is 0 Å². The normalized spacial score (nSPS) is 21.8. The van der Waals surface area contributed by atoms with E-state index in [0.29, 0.717) is 18.1 Å². The monoisotopic (exact) mass is 324 g/mol. The zero-order chi connectivity index (χ0) is 16.3. The third-order valence-corrected chi connectivity index (χ3v) is 4.87. The standard InChI is InChI=1S/C17H25ClN2O2/c1-4-12-6-7-14(18)13(5-2)16(12)19-17(22)20-9-8-11(3)15(21)10-20/h6-7,11,15,21H,4-5,8-10H2,1-3H3,(H,19,22). The Kier molecular flexibility index (Phi) is 5.70. The van der Waals surface area contributed by atoms with Crippen molar-refractivity contribution in [3.8, 4) is 0 Å². The summed E-state index contributed by atoms with van der Waals surface area (Å²) in [4.78, 5) is 14.2. The van der Waals surface area contributed by atoms with Crippen LogP contribution in [0.15, 0.2) is 12.1 Å². The molecule has 0 bridgehead atoms. The van der Waals surface area contributed by atoms with Crippen LogP contribution in [0.3, 0.4) is 0 Å². The van der Waals surface area contributed by atoms with Crippen LogP contribution in [0, 0.1) is 5.92 Å². The molecule has 0 aliphatic carbocycles. The third-order valence-electron chi connectivity index (χ3n) is 4.51. The van der Waals surface area contributed by atoms with E-state index >= 15 is 0 Å². The summed E-state index contributed by atoms with van der Waals surface area (Å²) in [6.07, 6.45) is 1.97. The zero-order valence-corrected chi connectivity index (χ0v) is 14.3. The molecule has 1 aliphatic heterocycles. The SMILES string of the molecule is CCc1ccc(Cl)c(CC)c1NC(=O)N1CCC(C)C(O)C1. The van der Waals surface area contributed by atoms with Gasteiger partial charge < -0.3 is 15.3 Å². The summed E-state index contributed by atoms with van der Waals surface area (Å²) >= 11 is 6.27. The Hall–Kier alpha value is -1.26. The number of carbonyl (C=O) groups excluding carboxylic acids is 1. The average Bonchev–Trinajstić information content (AvgIpc) is 2.50.